The highest BCUT2D eigenvalue weighted by molar-refractivity contribution is 7.09. The normalized spacial score (nSPS) is 16.8. The zero-order valence-electron chi connectivity index (χ0n) is 14.9. The van der Waals surface area contributed by atoms with Crippen molar-refractivity contribution in [1.82, 2.24) is 14.7 Å². The molecule has 1 amide bonds. The van der Waals surface area contributed by atoms with E-state index < -0.39 is 4.92 Å². The molecule has 1 unspecified atom stereocenters. The van der Waals surface area contributed by atoms with Crippen LogP contribution in [0.5, 0.6) is 0 Å². The van der Waals surface area contributed by atoms with Crippen LogP contribution in [0.4, 0.5) is 5.69 Å². The molecule has 1 fully saturated rings. The molecule has 3 rings (SSSR count). The van der Waals surface area contributed by atoms with Crippen LogP contribution in [0.15, 0.2) is 17.5 Å². The lowest BCUT2D eigenvalue weighted by molar-refractivity contribution is -0.386. The largest absolute Gasteiger partial charge is 0.376 e. The highest BCUT2D eigenvalue weighted by Gasteiger charge is 2.26. The number of hydrogen-bond acceptors (Lipinski definition) is 6. The van der Waals surface area contributed by atoms with Gasteiger partial charge in [0.1, 0.15) is 17.9 Å². The van der Waals surface area contributed by atoms with Crippen molar-refractivity contribution in [3.05, 3.63) is 43.9 Å². The molecule has 140 valence electrons. The van der Waals surface area contributed by atoms with E-state index >= 15 is 0 Å². The van der Waals surface area contributed by atoms with E-state index in [1.165, 1.54) is 4.68 Å². The van der Waals surface area contributed by atoms with Crippen LogP contribution in [0, 0.1) is 24.0 Å². The Hall–Kier alpha value is -2.26. The molecule has 8 nitrogen and oxygen atoms in total. The zero-order valence-corrected chi connectivity index (χ0v) is 15.7. The Bertz CT molecular complexity index is 781. The molecule has 0 bridgehead atoms. The standard InChI is InChI=1S/C17H22N4O4S/c1-12-17(21(23)24)13(2)20(18-12)11-16(22)19(9-14-5-3-7-25-14)10-15-6-4-8-26-15/h4,6,8,14H,3,5,7,9-11H2,1-2H3. The number of aromatic nitrogens is 2. The summed E-state index contributed by atoms with van der Waals surface area (Å²) in [5, 5.41) is 17.3. The summed E-state index contributed by atoms with van der Waals surface area (Å²) in [4.78, 5) is 26.5. The number of nitro groups is 1. The number of nitrogens with zero attached hydrogens (tertiary/aromatic N) is 4. The summed E-state index contributed by atoms with van der Waals surface area (Å²) in [6.45, 7) is 4.96. The first-order valence-corrected chi connectivity index (χ1v) is 9.44. The van der Waals surface area contributed by atoms with Crippen LogP contribution in [0.3, 0.4) is 0 Å². The van der Waals surface area contributed by atoms with Gasteiger partial charge in [0.25, 0.3) is 0 Å². The Balaban J connectivity index is 1.76. The van der Waals surface area contributed by atoms with E-state index in [0.717, 1.165) is 24.3 Å². The first kappa shape index (κ1) is 18.5. The van der Waals surface area contributed by atoms with Crippen molar-refractivity contribution in [3.63, 3.8) is 0 Å². The summed E-state index contributed by atoms with van der Waals surface area (Å²) < 4.78 is 7.10. The van der Waals surface area contributed by atoms with E-state index in [1.807, 2.05) is 17.5 Å². The van der Waals surface area contributed by atoms with Crippen molar-refractivity contribution in [3.8, 4) is 0 Å². The number of aryl methyl sites for hydroxylation is 1. The second kappa shape index (κ2) is 7.96. The minimum Gasteiger partial charge on any atom is -0.376 e. The monoisotopic (exact) mass is 378 g/mol. The van der Waals surface area contributed by atoms with Crippen LogP contribution in [-0.2, 0) is 22.6 Å². The average molecular weight is 378 g/mol. The molecule has 0 N–H and O–H groups in total. The lowest BCUT2D eigenvalue weighted by Gasteiger charge is -2.25. The predicted octanol–water partition coefficient (Wildman–Crippen LogP) is 2.68. The van der Waals surface area contributed by atoms with E-state index in [4.69, 9.17) is 4.74 Å². The second-order valence-corrected chi connectivity index (χ2v) is 7.46. The van der Waals surface area contributed by atoms with Crippen LogP contribution >= 0.6 is 11.3 Å². The molecule has 2 aromatic rings. The fourth-order valence-corrected chi connectivity index (χ4v) is 3.93. The zero-order chi connectivity index (χ0) is 18.7. The molecule has 1 aliphatic heterocycles. The third-order valence-corrected chi connectivity index (χ3v) is 5.40. The first-order valence-electron chi connectivity index (χ1n) is 8.56. The van der Waals surface area contributed by atoms with Crippen molar-refractivity contribution in [2.45, 2.75) is 45.9 Å². The van der Waals surface area contributed by atoms with Crippen LogP contribution in [-0.4, -0.2) is 44.8 Å². The Labute approximate surface area is 155 Å². The number of ether oxygens (including phenoxy) is 1. The summed E-state index contributed by atoms with van der Waals surface area (Å²) >= 11 is 1.60. The molecule has 0 aliphatic carbocycles. The van der Waals surface area contributed by atoms with Gasteiger partial charge in [0.15, 0.2) is 0 Å². The molecule has 0 spiro atoms. The number of thiophene rings is 1. The quantitative estimate of drug-likeness (QED) is 0.546. The molecule has 3 heterocycles. The van der Waals surface area contributed by atoms with Crippen molar-refractivity contribution in [1.29, 1.82) is 0 Å². The Morgan fingerprint density at radius 3 is 2.92 bits per heavy atom. The number of hydrogen-bond donors (Lipinski definition) is 0. The molecule has 0 radical (unpaired) electrons. The molecule has 9 heteroatoms. The van der Waals surface area contributed by atoms with Crippen LogP contribution in [0.2, 0.25) is 0 Å². The van der Waals surface area contributed by atoms with Gasteiger partial charge >= 0.3 is 5.69 Å². The maximum Gasteiger partial charge on any atom is 0.312 e. The van der Waals surface area contributed by atoms with Crippen LogP contribution in [0.25, 0.3) is 0 Å². The third kappa shape index (κ3) is 4.10. The molecule has 1 atom stereocenters. The van der Waals surface area contributed by atoms with E-state index in [-0.39, 0.29) is 24.2 Å². The van der Waals surface area contributed by atoms with Crippen molar-refractivity contribution < 1.29 is 14.5 Å². The highest BCUT2D eigenvalue weighted by Crippen LogP contribution is 2.22. The molecule has 2 aromatic heterocycles. The fraction of sp³-hybridized carbons (Fsp3) is 0.529. The van der Waals surface area contributed by atoms with Crippen molar-refractivity contribution >= 4 is 22.9 Å². The van der Waals surface area contributed by atoms with E-state index in [0.29, 0.717) is 24.5 Å². The van der Waals surface area contributed by atoms with Gasteiger partial charge in [0, 0.05) is 18.0 Å². The van der Waals surface area contributed by atoms with Crippen molar-refractivity contribution in [2.24, 2.45) is 0 Å². The maximum atomic E-state index is 12.9. The van der Waals surface area contributed by atoms with Gasteiger partial charge in [-0.2, -0.15) is 5.10 Å². The maximum absolute atomic E-state index is 12.9. The van der Waals surface area contributed by atoms with Crippen LogP contribution < -0.4 is 0 Å². The molecule has 1 aliphatic rings. The van der Waals surface area contributed by atoms with Gasteiger partial charge in [0.2, 0.25) is 5.91 Å². The number of amides is 1. The SMILES string of the molecule is Cc1nn(CC(=O)N(Cc2cccs2)CC2CCCO2)c(C)c1[N+](=O)[O-]. The molecular weight excluding hydrogens is 356 g/mol. The van der Waals surface area contributed by atoms with Crippen LogP contribution in [0.1, 0.15) is 29.1 Å². The first-order chi connectivity index (χ1) is 12.5. The molecule has 0 saturated carbocycles. The molecule has 1 saturated heterocycles. The molecule has 0 aromatic carbocycles. The lowest BCUT2D eigenvalue weighted by atomic mass is 10.2. The molecule has 26 heavy (non-hydrogen) atoms. The number of carbonyl (C=O) groups excluding carboxylic acids is 1. The van der Waals surface area contributed by atoms with Gasteiger partial charge in [-0.15, -0.1) is 11.3 Å². The Morgan fingerprint density at radius 2 is 2.35 bits per heavy atom. The minimum atomic E-state index is -0.450. The summed E-state index contributed by atoms with van der Waals surface area (Å²) in [5.74, 6) is -0.116. The topological polar surface area (TPSA) is 90.5 Å². The summed E-state index contributed by atoms with van der Waals surface area (Å²) in [5.41, 5.74) is 0.694. The van der Waals surface area contributed by atoms with Gasteiger partial charge in [-0.1, -0.05) is 6.07 Å². The van der Waals surface area contributed by atoms with E-state index in [1.54, 1.807) is 30.1 Å². The fourth-order valence-electron chi connectivity index (χ4n) is 3.21. The second-order valence-electron chi connectivity index (χ2n) is 6.42. The highest BCUT2D eigenvalue weighted by atomic mass is 32.1. The van der Waals surface area contributed by atoms with Gasteiger partial charge < -0.3 is 9.64 Å². The summed E-state index contributed by atoms with van der Waals surface area (Å²) in [6.07, 6.45) is 2.00. The van der Waals surface area contributed by atoms with Gasteiger partial charge in [-0.3, -0.25) is 19.6 Å². The Morgan fingerprint density at radius 1 is 1.54 bits per heavy atom. The number of carbonyl (C=O) groups is 1. The van der Waals surface area contributed by atoms with Gasteiger partial charge in [-0.25, -0.2) is 0 Å². The predicted molar refractivity (Wildman–Crippen MR) is 97.1 cm³/mol. The van der Waals surface area contributed by atoms with Crippen molar-refractivity contribution in [2.75, 3.05) is 13.2 Å². The smallest absolute Gasteiger partial charge is 0.312 e. The molecular formula is C17H22N4O4S. The Kier molecular flexibility index (Phi) is 5.67. The average Bonchev–Trinajstić information content (AvgIpc) is 3.30. The summed E-state index contributed by atoms with van der Waals surface area (Å²) in [6, 6.07) is 3.95. The third-order valence-electron chi connectivity index (χ3n) is 4.54. The van der Waals surface area contributed by atoms with Gasteiger partial charge in [-0.05, 0) is 38.1 Å². The van der Waals surface area contributed by atoms with E-state index in [2.05, 4.69) is 5.10 Å². The summed E-state index contributed by atoms with van der Waals surface area (Å²) in [7, 11) is 0. The minimum absolute atomic E-state index is 0.0153. The van der Waals surface area contributed by atoms with Gasteiger partial charge in [0.05, 0.1) is 17.6 Å². The number of rotatable bonds is 7. The van der Waals surface area contributed by atoms with E-state index in [9.17, 15) is 14.9 Å². The lowest BCUT2D eigenvalue weighted by Crippen LogP contribution is -2.39.